The van der Waals surface area contributed by atoms with Gasteiger partial charge in [0.25, 0.3) is 5.91 Å². The van der Waals surface area contributed by atoms with Crippen molar-refractivity contribution >= 4 is 22.6 Å². The predicted octanol–water partition coefficient (Wildman–Crippen LogP) is 3.14. The van der Waals surface area contributed by atoms with Crippen LogP contribution >= 0.6 is 0 Å². The van der Waals surface area contributed by atoms with Crippen LogP contribution in [-0.4, -0.2) is 47.0 Å². The second kappa shape index (κ2) is 6.24. The van der Waals surface area contributed by atoms with Crippen LogP contribution in [0.1, 0.15) is 21.7 Å². The van der Waals surface area contributed by atoms with Crippen LogP contribution in [0, 0.1) is 13.8 Å². The average Bonchev–Trinajstić information content (AvgIpc) is 3.00. The summed E-state index contributed by atoms with van der Waals surface area (Å²) in [4.78, 5) is 24.7. The molecule has 5 heteroatoms. The Kier molecular flexibility index (Phi) is 3.92. The van der Waals surface area contributed by atoms with Crippen molar-refractivity contribution in [1.82, 2.24) is 14.9 Å². The Bertz CT molecular complexity index is 922. The number of H-pyrrole nitrogens is 1. The van der Waals surface area contributed by atoms with Crippen molar-refractivity contribution < 1.29 is 4.79 Å². The summed E-state index contributed by atoms with van der Waals surface area (Å²) in [6, 6.07) is 14.1. The molecule has 0 radical (unpaired) electrons. The summed E-state index contributed by atoms with van der Waals surface area (Å²) in [5.41, 5.74) is 5.14. The number of nitrogens with one attached hydrogen (secondary N) is 1. The topological polar surface area (TPSA) is 52.2 Å². The van der Waals surface area contributed by atoms with Crippen LogP contribution in [0.25, 0.3) is 11.0 Å². The number of nitrogens with zero attached hydrogens (tertiary/aromatic N) is 3. The summed E-state index contributed by atoms with van der Waals surface area (Å²) >= 11 is 0. The number of piperazine rings is 1. The van der Waals surface area contributed by atoms with Crippen LogP contribution in [0.4, 0.5) is 5.69 Å². The SMILES string of the molecule is Cc1cccc(C(=O)N2CCN(c3ccc4nc(C)[nH]c4c3)CC2)c1. The number of rotatable bonds is 2. The summed E-state index contributed by atoms with van der Waals surface area (Å²) in [5, 5.41) is 0. The van der Waals surface area contributed by atoms with Gasteiger partial charge in [0, 0.05) is 37.4 Å². The molecular weight excluding hydrogens is 312 g/mol. The highest BCUT2D eigenvalue weighted by molar-refractivity contribution is 5.94. The summed E-state index contributed by atoms with van der Waals surface area (Å²) in [7, 11) is 0. The van der Waals surface area contributed by atoms with Crippen LogP contribution in [-0.2, 0) is 0 Å². The molecule has 3 aromatic rings. The zero-order valence-corrected chi connectivity index (χ0v) is 14.6. The third-order valence-corrected chi connectivity index (χ3v) is 4.78. The molecule has 0 atom stereocenters. The monoisotopic (exact) mass is 334 g/mol. The lowest BCUT2D eigenvalue weighted by atomic mass is 10.1. The van der Waals surface area contributed by atoms with Gasteiger partial charge in [0.15, 0.2) is 0 Å². The zero-order chi connectivity index (χ0) is 17.4. The Morgan fingerprint density at radius 2 is 1.84 bits per heavy atom. The maximum atomic E-state index is 12.7. The number of carbonyl (C=O) groups is 1. The van der Waals surface area contributed by atoms with E-state index in [1.807, 2.05) is 43.0 Å². The number of imidazole rings is 1. The average molecular weight is 334 g/mol. The van der Waals surface area contributed by atoms with Gasteiger partial charge in [0.1, 0.15) is 5.82 Å². The number of hydrogen-bond donors (Lipinski definition) is 1. The third-order valence-electron chi connectivity index (χ3n) is 4.78. The maximum Gasteiger partial charge on any atom is 0.253 e. The van der Waals surface area contributed by atoms with E-state index in [4.69, 9.17) is 0 Å². The zero-order valence-electron chi connectivity index (χ0n) is 14.6. The molecular formula is C20H22N4O. The first-order valence-corrected chi connectivity index (χ1v) is 8.67. The van der Waals surface area contributed by atoms with E-state index in [9.17, 15) is 4.79 Å². The smallest absolute Gasteiger partial charge is 0.253 e. The van der Waals surface area contributed by atoms with Crippen LogP contribution in [0.5, 0.6) is 0 Å². The van der Waals surface area contributed by atoms with Crippen LogP contribution < -0.4 is 4.90 Å². The van der Waals surface area contributed by atoms with Crippen molar-refractivity contribution in [3.05, 3.63) is 59.4 Å². The molecule has 128 valence electrons. The van der Waals surface area contributed by atoms with Crippen molar-refractivity contribution in [3.8, 4) is 0 Å². The molecule has 1 fully saturated rings. The molecule has 1 amide bonds. The minimum absolute atomic E-state index is 0.128. The summed E-state index contributed by atoms with van der Waals surface area (Å²) < 4.78 is 0. The second-order valence-corrected chi connectivity index (χ2v) is 6.67. The van der Waals surface area contributed by atoms with Gasteiger partial charge in [0.05, 0.1) is 11.0 Å². The highest BCUT2D eigenvalue weighted by Gasteiger charge is 2.22. The van der Waals surface area contributed by atoms with Crippen molar-refractivity contribution in [2.75, 3.05) is 31.1 Å². The lowest BCUT2D eigenvalue weighted by Crippen LogP contribution is -2.48. The first-order chi connectivity index (χ1) is 12.1. The summed E-state index contributed by atoms with van der Waals surface area (Å²) in [6.07, 6.45) is 0. The Balaban J connectivity index is 1.46. The minimum atomic E-state index is 0.128. The van der Waals surface area contributed by atoms with Gasteiger partial charge in [-0.1, -0.05) is 17.7 Å². The number of aryl methyl sites for hydroxylation is 2. The molecule has 0 unspecified atom stereocenters. The third kappa shape index (κ3) is 3.09. The molecule has 2 heterocycles. The number of aromatic amines is 1. The largest absolute Gasteiger partial charge is 0.368 e. The van der Waals surface area contributed by atoms with E-state index in [0.29, 0.717) is 0 Å². The van der Waals surface area contributed by atoms with Gasteiger partial charge in [-0.15, -0.1) is 0 Å². The first kappa shape index (κ1) is 15.7. The molecule has 1 aromatic heterocycles. The van der Waals surface area contributed by atoms with Crippen LogP contribution in [0.3, 0.4) is 0 Å². The van der Waals surface area contributed by atoms with E-state index in [0.717, 1.165) is 54.2 Å². The molecule has 0 aliphatic carbocycles. The van der Waals surface area contributed by atoms with Crippen molar-refractivity contribution in [1.29, 1.82) is 0 Å². The fraction of sp³-hybridized carbons (Fsp3) is 0.300. The highest BCUT2D eigenvalue weighted by Crippen LogP contribution is 2.22. The van der Waals surface area contributed by atoms with Crippen LogP contribution in [0.15, 0.2) is 42.5 Å². The molecule has 5 nitrogen and oxygen atoms in total. The number of fused-ring (bicyclic) bond motifs is 1. The fourth-order valence-electron chi connectivity index (χ4n) is 3.45. The van der Waals surface area contributed by atoms with E-state index in [1.165, 1.54) is 5.69 Å². The van der Waals surface area contributed by atoms with Crippen LogP contribution in [0.2, 0.25) is 0 Å². The van der Waals surface area contributed by atoms with E-state index in [-0.39, 0.29) is 5.91 Å². The highest BCUT2D eigenvalue weighted by atomic mass is 16.2. The van der Waals surface area contributed by atoms with Gasteiger partial charge in [-0.2, -0.15) is 0 Å². The van der Waals surface area contributed by atoms with Crippen molar-refractivity contribution in [2.45, 2.75) is 13.8 Å². The lowest BCUT2D eigenvalue weighted by molar-refractivity contribution is 0.0746. The van der Waals surface area contributed by atoms with Crippen molar-refractivity contribution in [3.63, 3.8) is 0 Å². The van der Waals surface area contributed by atoms with Gasteiger partial charge in [-0.3, -0.25) is 4.79 Å². The Labute approximate surface area is 147 Å². The summed E-state index contributed by atoms with van der Waals surface area (Å²) in [5.74, 6) is 1.06. The van der Waals surface area contributed by atoms with Gasteiger partial charge in [-0.05, 0) is 44.2 Å². The Morgan fingerprint density at radius 1 is 1.04 bits per heavy atom. The number of anilines is 1. The molecule has 0 spiro atoms. The molecule has 1 aliphatic heterocycles. The van der Waals surface area contributed by atoms with Crippen molar-refractivity contribution in [2.24, 2.45) is 0 Å². The normalized spacial score (nSPS) is 15.0. The molecule has 1 saturated heterocycles. The predicted molar refractivity (Wildman–Crippen MR) is 100 cm³/mol. The first-order valence-electron chi connectivity index (χ1n) is 8.67. The Morgan fingerprint density at radius 3 is 2.60 bits per heavy atom. The quantitative estimate of drug-likeness (QED) is 0.783. The van der Waals surface area contributed by atoms with Gasteiger partial charge >= 0.3 is 0 Å². The molecule has 1 aliphatic rings. The lowest BCUT2D eigenvalue weighted by Gasteiger charge is -2.36. The minimum Gasteiger partial charge on any atom is -0.368 e. The molecule has 0 bridgehead atoms. The second-order valence-electron chi connectivity index (χ2n) is 6.67. The fourth-order valence-corrected chi connectivity index (χ4v) is 3.45. The number of hydrogen-bond acceptors (Lipinski definition) is 3. The molecule has 0 saturated carbocycles. The van der Waals surface area contributed by atoms with Gasteiger partial charge in [0.2, 0.25) is 0 Å². The molecule has 4 rings (SSSR count). The number of amides is 1. The molecule has 25 heavy (non-hydrogen) atoms. The van der Waals surface area contributed by atoms with Gasteiger partial charge < -0.3 is 14.8 Å². The van der Waals surface area contributed by atoms with E-state index in [2.05, 4.69) is 33.1 Å². The standard InChI is InChI=1S/C20H22N4O/c1-14-4-3-5-16(12-14)20(25)24-10-8-23(9-11-24)17-6-7-18-19(13-17)22-15(2)21-18/h3-7,12-13H,8-11H2,1-2H3,(H,21,22). The van der Waals surface area contributed by atoms with Gasteiger partial charge in [-0.25, -0.2) is 4.98 Å². The van der Waals surface area contributed by atoms with E-state index in [1.54, 1.807) is 0 Å². The number of carbonyl (C=O) groups excluding carboxylic acids is 1. The number of benzene rings is 2. The van der Waals surface area contributed by atoms with E-state index < -0.39 is 0 Å². The molecule has 2 aromatic carbocycles. The number of aromatic nitrogens is 2. The summed E-state index contributed by atoms with van der Waals surface area (Å²) in [6.45, 7) is 7.16. The maximum absolute atomic E-state index is 12.7. The Hall–Kier alpha value is -2.82. The molecule has 1 N–H and O–H groups in total. The van der Waals surface area contributed by atoms with E-state index >= 15 is 0 Å².